The second-order valence-corrected chi connectivity index (χ2v) is 7.44. The van der Waals surface area contributed by atoms with Crippen LogP contribution in [0.3, 0.4) is 0 Å². The lowest BCUT2D eigenvalue weighted by Crippen LogP contribution is -2.47. The van der Waals surface area contributed by atoms with Crippen LogP contribution in [0.4, 0.5) is 0 Å². The standard InChI is InChI=1S/C17H32N2O2/c1-5-6-13-7-8-14(17(20)21)15(9-13)19-10-12(2)16(11-19)18(3)4/h12-16H,5-11H2,1-4H3,(H,20,21). The molecule has 4 heteroatoms. The Balaban J connectivity index is 2.07. The first-order chi connectivity index (χ1) is 9.93. The van der Waals surface area contributed by atoms with Gasteiger partial charge in [-0.25, -0.2) is 0 Å². The SMILES string of the molecule is CCCC1CCC(C(=O)O)C(N2CC(C)C(N(C)C)C2)C1. The molecular weight excluding hydrogens is 264 g/mol. The molecule has 122 valence electrons. The monoisotopic (exact) mass is 296 g/mol. The van der Waals surface area contributed by atoms with Crippen molar-refractivity contribution in [1.29, 1.82) is 0 Å². The fourth-order valence-electron chi connectivity index (χ4n) is 4.52. The highest BCUT2D eigenvalue weighted by molar-refractivity contribution is 5.71. The molecular formula is C17H32N2O2. The summed E-state index contributed by atoms with van der Waals surface area (Å²) in [6, 6.07) is 0.811. The number of likely N-dealkylation sites (tertiary alicyclic amines) is 1. The van der Waals surface area contributed by atoms with Crippen LogP contribution in [0.2, 0.25) is 0 Å². The molecule has 0 aromatic heterocycles. The topological polar surface area (TPSA) is 43.8 Å². The van der Waals surface area contributed by atoms with Gasteiger partial charge in [0.2, 0.25) is 0 Å². The van der Waals surface area contributed by atoms with Gasteiger partial charge in [0.25, 0.3) is 0 Å². The molecule has 0 radical (unpaired) electrons. The van der Waals surface area contributed by atoms with Crippen molar-refractivity contribution in [3.63, 3.8) is 0 Å². The van der Waals surface area contributed by atoms with E-state index in [2.05, 4.69) is 37.7 Å². The molecule has 5 atom stereocenters. The van der Waals surface area contributed by atoms with Gasteiger partial charge in [0, 0.05) is 25.2 Å². The van der Waals surface area contributed by atoms with Gasteiger partial charge in [-0.05, 0) is 45.2 Å². The van der Waals surface area contributed by atoms with E-state index in [1.54, 1.807) is 0 Å². The van der Waals surface area contributed by atoms with Crippen LogP contribution in [-0.2, 0) is 4.79 Å². The Bertz CT molecular complexity index is 359. The van der Waals surface area contributed by atoms with Gasteiger partial charge in [-0.15, -0.1) is 0 Å². The molecule has 1 saturated heterocycles. The van der Waals surface area contributed by atoms with Crippen molar-refractivity contribution in [3.8, 4) is 0 Å². The van der Waals surface area contributed by atoms with Gasteiger partial charge in [0.05, 0.1) is 5.92 Å². The van der Waals surface area contributed by atoms with E-state index in [9.17, 15) is 9.90 Å². The Hall–Kier alpha value is -0.610. The van der Waals surface area contributed by atoms with Gasteiger partial charge < -0.3 is 10.0 Å². The van der Waals surface area contributed by atoms with E-state index in [0.717, 1.165) is 38.3 Å². The van der Waals surface area contributed by atoms with Crippen molar-refractivity contribution in [2.75, 3.05) is 27.2 Å². The van der Waals surface area contributed by atoms with Crippen molar-refractivity contribution in [2.24, 2.45) is 17.8 Å². The zero-order valence-electron chi connectivity index (χ0n) is 14.1. The molecule has 21 heavy (non-hydrogen) atoms. The third-order valence-electron chi connectivity index (χ3n) is 5.67. The summed E-state index contributed by atoms with van der Waals surface area (Å²) in [7, 11) is 4.28. The van der Waals surface area contributed by atoms with Crippen molar-refractivity contribution < 1.29 is 9.90 Å². The predicted molar refractivity (Wildman–Crippen MR) is 85.4 cm³/mol. The normalized spacial score (nSPS) is 38.0. The van der Waals surface area contributed by atoms with Crippen LogP contribution in [0.25, 0.3) is 0 Å². The number of hydrogen-bond acceptors (Lipinski definition) is 3. The van der Waals surface area contributed by atoms with Gasteiger partial charge >= 0.3 is 5.97 Å². The highest BCUT2D eigenvalue weighted by Crippen LogP contribution is 2.37. The maximum Gasteiger partial charge on any atom is 0.308 e. The lowest BCUT2D eigenvalue weighted by atomic mass is 9.76. The third-order valence-corrected chi connectivity index (χ3v) is 5.67. The molecule has 2 rings (SSSR count). The van der Waals surface area contributed by atoms with Crippen LogP contribution in [0.5, 0.6) is 0 Å². The zero-order chi connectivity index (χ0) is 15.6. The summed E-state index contributed by atoms with van der Waals surface area (Å²) >= 11 is 0. The van der Waals surface area contributed by atoms with E-state index in [1.807, 2.05) is 0 Å². The second kappa shape index (κ2) is 7.10. The van der Waals surface area contributed by atoms with E-state index in [4.69, 9.17) is 0 Å². The molecule has 0 amide bonds. The summed E-state index contributed by atoms with van der Waals surface area (Å²) < 4.78 is 0. The van der Waals surface area contributed by atoms with E-state index < -0.39 is 5.97 Å². The minimum atomic E-state index is -0.587. The minimum Gasteiger partial charge on any atom is -0.481 e. The van der Waals surface area contributed by atoms with Crippen LogP contribution >= 0.6 is 0 Å². The average molecular weight is 296 g/mol. The Labute approximate surface area is 129 Å². The summed E-state index contributed by atoms with van der Waals surface area (Å²) in [6.45, 7) is 6.61. The Morgan fingerprint density at radius 3 is 2.52 bits per heavy atom. The summed E-state index contributed by atoms with van der Waals surface area (Å²) in [5.74, 6) is 0.604. The lowest BCUT2D eigenvalue weighted by Gasteiger charge is -2.39. The second-order valence-electron chi connectivity index (χ2n) is 7.44. The molecule has 4 nitrogen and oxygen atoms in total. The summed E-state index contributed by atoms with van der Waals surface area (Å²) in [5.41, 5.74) is 0. The number of carbonyl (C=O) groups is 1. The van der Waals surface area contributed by atoms with Crippen LogP contribution in [0, 0.1) is 17.8 Å². The largest absolute Gasteiger partial charge is 0.481 e. The average Bonchev–Trinajstić information content (AvgIpc) is 2.81. The molecule has 0 spiro atoms. The van der Waals surface area contributed by atoms with Crippen molar-refractivity contribution >= 4 is 5.97 Å². The maximum atomic E-state index is 11.6. The van der Waals surface area contributed by atoms with E-state index >= 15 is 0 Å². The van der Waals surface area contributed by atoms with Gasteiger partial charge in [-0.2, -0.15) is 0 Å². The van der Waals surface area contributed by atoms with Crippen LogP contribution in [-0.4, -0.2) is 60.1 Å². The molecule has 2 aliphatic rings. The quantitative estimate of drug-likeness (QED) is 0.847. The molecule has 0 bridgehead atoms. The molecule has 1 aliphatic carbocycles. The van der Waals surface area contributed by atoms with Crippen molar-refractivity contribution in [2.45, 2.75) is 58.0 Å². The number of carboxylic acids is 1. The van der Waals surface area contributed by atoms with E-state index in [-0.39, 0.29) is 12.0 Å². The number of nitrogens with zero attached hydrogens (tertiary/aromatic N) is 2. The lowest BCUT2D eigenvalue weighted by molar-refractivity contribution is -0.146. The highest BCUT2D eigenvalue weighted by Gasteiger charge is 2.42. The molecule has 1 aliphatic heterocycles. The number of carboxylic acid groups (broad SMARTS) is 1. The smallest absolute Gasteiger partial charge is 0.308 e. The van der Waals surface area contributed by atoms with Crippen LogP contribution in [0.1, 0.15) is 46.0 Å². The van der Waals surface area contributed by atoms with Gasteiger partial charge in [-0.3, -0.25) is 9.69 Å². The fraction of sp³-hybridized carbons (Fsp3) is 0.941. The Morgan fingerprint density at radius 1 is 1.29 bits per heavy atom. The van der Waals surface area contributed by atoms with Gasteiger partial charge in [0.15, 0.2) is 0 Å². The molecule has 0 aromatic carbocycles. The Kier molecular flexibility index (Phi) is 5.67. The zero-order valence-corrected chi connectivity index (χ0v) is 14.1. The van der Waals surface area contributed by atoms with E-state index in [1.165, 1.54) is 12.8 Å². The fourth-order valence-corrected chi connectivity index (χ4v) is 4.52. The highest BCUT2D eigenvalue weighted by atomic mass is 16.4. The minimum absolute atomic E-state index is 0.161. The number of aliphatic carboxylic acids is 1. The summed E-state index contributed by atoms with van der Waals surface area (Å²) in [5, 5.41) is 9.59. The predicted octanol–water partition coefficient (Wildman–Crippen LogP) is 2.54. The molecule has 1 heterocycles. The maximum absolute atomic E-state index is 11.6. The number of rotatable bonds is 5. The molecule has 5 unspecified atom stereocenters. The molecule has 0 aromatic rings. The van der Waals surface area contributed by atoms with Crippen molar-refractivity contribution in [1.82, 2.24) is 9.80 Å². The number of hydrogen-bond donors (Lipinski definition) is 1. The molecule has 1 saturated carbocycles. The number of likely N-dealkylation sites (N-methyl/N-ethyl adjacent to an activating group) is 1. The third kappa shape index (κ3) is 3.78. The van der Waals surface area contributed by atoms with Crippen LogP contribution in [0.15, 0.2) is 0 Å². The summed E-state index contributed by atoms with van der Waals surface area (Å²) in [4.78, 5) is 16.4. The van der Waals surface area contributed by atoms with Crippen LogP contribution < -0.4 is 0 Å². The van der Waals surface area contributed by atoms with Gasteiger partial charge in [0.1, 0.15) is 0 Å². The first kappa shape index (κ1) is 16.8. The summed E-state index contributed by atoms with van der Waals surface area (Å²) in [6.07, 6.45) is 5.51. The van der Waals surface area contributed by atoms with E-state index in [0.29, 0.717) is 12.0 Å². The van der Waals surface area contributed by atoms with Crippen molar-refractivity contribution in [3.05, 3.63) is 0 Å². The first-order valence-corrected chi connectivity index (χ1v) is 8.57. The van der Waals surface area contributed by atoms with Gasteiger partial charge in [-0.1, -0.05) is 26.7 Å². The molecule has 1 N–H and O–H groups in total. The Morgan fingerprint density at radius 2 is 2.00 bits per heavy atom. The molecule has 2 fully saturated rings. The first-order valence-electron chi connectivity index (χ1n) is 8.57.